The smallest absolute Gasteiger partial charge is 0.343 e. The van der Waals surface area contributed by atoms with Gasteiger partial charge in [-0.25, -0.2) is 18.3 Å². The first kappa shape index (κ1) is 18.2. The second-order valence-electron chi connectivity index (χ2n) is 6.61. The summed E-state index contributed by atoms with van der Waals surface area (Å²) < 4.78 is 33.6. The van der Waals surface area contributed by atoms with Crippen molar-refractivity contribution in [3.63, 3.8) is 0 Å². The van der Waals surface area contributed by atoms with Gasteiger partial charge in [-0.2, -0.15) is 0 Å². The maximum Gasteiger partial charge on any atom is 0.343 e. The molecule has 0 bridgehead atoms. The Morgan fingerprint density at radius 2 is 2.12 bits per heavy atom. The molecule has 2 N–H and O–H groups in total. The summed E-state index contributed by atoms with van der Waals surface area (Å²) in [6.45, 7) is 1.27. The molecule has 7 nitrogen and oxygen atoms in total. The number of amides is 1. The molecule has 1 saturated heterocycles. The van der Waals surface area contributed by atoms with Crippen molar-refractivity contribution in [2.24, 2.45) is 12.5 Å². The third-order valence-electron chi connectivity index (χ3n) is 4.74. The quantitative estimate of drug-likeness (QED) is 0.831. The van der Waals surface area contributed by atoms with Crippen LogP contribution in [0.3, 0.4) is 0 Å². The van der Waals surface area contributed by atoms with E-state index in [0.29, 0.717) is 38.0 Å². The van der Waals surface area contributed by atoms with Gasteiger partial charge in [-0.15, -0.1) is 5.10 Å². The predicted octanol–water partition coefficient (Wildman–Crippen LogP) is 1.16. The number of nitrogens with one attached hydrogen (secondary N) is 2. The SMILES string of the molecule is Cn1nc(C(=O)NCC2(Cc3ccc(F)cc3F)CCOCC2)[nH]c1=O. The highest BCUT2D eigenvalue weighted by atomic mass is 19.1. The lowest BCUT2D eigenvalue weighted by Gasteiger charge is -2.37. The molecule has 0 aliphatic carbocycles. The Hall–Kier alpha value is -2.55. The average molecular weight is 366 g/mol. The molecule has 9 heteroatoms. The highest BCUT2D eigenvalue weighted by Gasteiger charge is 2.34. The summed E-state index contributed by atoms with van der Waals surface area (Å²) in [6.07, 6.45) is 1.60. The summed E-state index contributed by atoms with van der Waals surface area (Å²) in [5.41, 5.74) is -0.500. The van der Waals surface area contributed by atoms with Crippen LogP contribution in [0.4, 0.5) is 8.78 Å². The number of aromatic amines is 1. The highest BCUT2D eigenvalue weighted by molar-refractivity contribution is 5.90. The normalized spacial score (nSPS) is 16.4. The van der Waals surface area contributed by atoms with Crippen molar-refractivity contribution in [1.29, 1.82) is 0 Å². The molecular weight excluding hydrogens is 346 g/mol. The maximum absolute atomic E-state index is 14.1. The minimum absolute atomic E-state index is 0.0762. The van der Waals surface area contributed by atoms with E-state index in [-0.39, 0.29) is 12.4 Å². The molecule has 2 aromatic rings. The zero-order chi connectivity index (χ0) is 18.7. The molecule has 140 valence electrons. The van der Waals surface area contributed by atoms with Crippen LogP contribution in [0.15, 0.2) is 23.0 Å². The highest BCUT2D eigenvalue weighted by Crippen LogP contribution is 2.34. The van der Waals surface area contributed by atoms with Crippen molar-refractivity contribution in [1.82, 2.24) is 20.1 Å². The van der Waals surface area contributed by atoms with Gasteiger partial charge in [-0.3, -0.25) is 9.78 Å². The van der Waals surface area contributed by atoms with E-state index in [0.717, 1.165) is 10.7 Å². The molecule has 0 unspecified atom stereocenters. The van der Waals surface area contributed by atoms with E-state index >= 15 is 0 Å². The van der Waals surface area contributed by atoms with Gasteiger partial charge in [0.15, 0.2) is 0 Å². The maximum atomic E-state index is 14.1. The van der Waals surface area contributed by atoms with Crippen LogP contribution in [0.2, 0.25) is 0 Å². The number of halogens is 2. The van der Waals surface area contributed by atoms with Gasteiger partial charge in [0.2, 0.25) is 5.82 Å². The molecule has 1 aromatic carbocycles. The molecule has 1 fully saturated rings. The molecule has 0 spiro atoms. The molecule has 26 heavy (non-hydrogen) atoms. The number of nitrogens with zero attached hydrogens (tertiary/aromatic N) is 2. The minimum Gasteiger partial charge on any atom is -0.381 e. The van der Waals surface area contributed by atoms with E-state index in [1.165, 1.54) is 19.2 Å². The van der Waals surface area contributed by atoms with Gasteiger partial charge in [-0.1, -0.05) is 6.07 Å². The molecule has 0 saturated carbocycles. The Morgan fingerprint density at radius 3 is 2.73 bits per heavy atom. The number of carbonyl (C=O) groups is 1. The van der Waals surface area contributed by atoms with E-state index in [1.54, 1.807) is 0 Å². The van der Waals surface area contributed by atoms with Crippen molar-refractivity contribution in [2.75, 3.05) is 19.8 Å². The van der Waals surface area contributed by atoms with Crippen LogP contribution in [0.25, 0.3) is 0 Å². The molecular formula is C17H20F2N4O3. The second kappa shape index (κ2) is 7.36. The molecule has 0 radical (unpaired) electrons. The second-order valence-corrected chi connectivity index (χ2v) is 6.61. The van der Waals surface area contributed by atoms with Crippen molar-refractivity contribution < 1.29 is 18.3 Å². The van der Waals surface area contributed by atoms with Crippen molar-refractivity contribution >= 4 is 5.91 Å². The number of carbonyl (C=O) groups excluding carboxylic acids is 1. The summed E-state index contributed by atoms with van der Waals surface area (Å²) >= 11 is 0. The minimum atomic E-state index is -0.625. The van der Waals surface area contributed by atoms with E-state index in [1.807, 2.05) is 0 Å². The number of aromatic nitrogens is 3. The fourth-order valence-electron chi connectivity index (χ4n) is 3.15. The number of hydrogen-bond acceptors (Lipinski definition) is 4. The Labute approximate surface area is 148 Å². The number of aryl methyl sites for hydroxylation is 1. The number of rotatable bonds is 5. The van der Waals surface area contributed by atoms with Crippen LogP contribution in [-0.2, 0) is 18.2 Å². The fraction of sp³-hybridized carbons (Fsp3) is 0.471. The monoisotopic (exact) mass is 366 g/mol. The van der Waals surface area contributed by atoms with Gasteiger partial charge in [0, 0.05) is 32.9 Å². The van der Waals surface area contributed by atoms with Crippen LogP contribution < -0.4 is 11.0 Å². The first-order valence-electron chi connectivity index (χ1n) is 8.32. The Morgan fingerprint density at radius 1 is 1.38 bits per heavy atom. The van der Waals surface area contributed by atoms with Gasteiger partial charge >= 0.3 is 5.69 Å². The molecule has 1 amide bonds. The number of hydrogen-bond donors (Lipinski definition) is 2. The standard InChI is InChI=1S/C17H20F2N4O3/c1-23-16(25)21-14(22-23)15(24)20-10-17(4-6-26-7-5-17)9-11-2-3-12(18)8-13(11)19/h2-3,8H,4-7,9-10H2,1H3,(H,20,24)(H,21,22,25). The fourth-order valence-corrected chi connectivity index (χ4v) is 3.15. The lowest BCUT2D eigenvalue weighted by molar-refractivity contribution is 0.0144. The van der Waals surface area contributed by atoms with Gasteiger partial charge < -0.3 is 10.1 Å². The Balaban J connectivity index is 1.74. The largest absolute Gasteiger partial charge is 0.381 e. The zero-order valence-corrected chi connectivity index (χ0v) is 14.3. The summed E-state index contributed by atoms with van der Waals surface area (Å²) in [7, 11) is 1.44. The summed E-state index contributed by atoms with van der Waals surface area (Å²) in [6, 6.07) is 3.52. The molecule has 2 heterocycles. The van der Waals surface area contributed by atoms with Crippen molar-refractivity contribution in [3.05, 3.63) is 51.7 Å². The molecule has 1 aliphatic rings. The number of H-pyrrole nitrogens is 1. The predicted molar refractivity (Wildman–Crippen MR) is 88.7 cm³/mol. The van der Waals surface area contributed by atoms with E-state index in [4.69, 9.17) is 4.74 Å². The zero-order valence-electron chi connectivity index (χ0n) is 14.3. The molecule has 1 aliphatic heterocycles. The average Bonchev–Trinajstić information content (AvgIpc) is 2.95. The van der Waals surface area contributed by atoms with Crippen LogP contribution >= 0.6 is 0 Å². The molecule has 0 atom stereocenters. The first-order chi connectivity index (χ1) is 12.4. The van der Waals surface area contributed by atoms with Gasteiger partial charge in [0.05, 0.1) is 0 Å². The van der Waals surface area contributed by atoms with E-state index in [9.17, 15) is 18.4 Å². The van der Waals surface area contributed by atoms with Gasteiger partial charge in [-0.05, 0) is 36.3 Å². The lowest BCUT2D eigenvalue weighted by Crippen LogP contribution is -2.43. The van der Waals surface area contributed by atoms with Crippen LogP contribution in [0, 0.1) is 17.0 Å². The Kier molecular flexibility index (Phi) is 5.17. The first-order valence-corrected chi connectivity index (χ1v) is 8.32. The number of benzene rings is 1. The lowest BCUT2D eigenvalue weighted by atomic mass is 9.75. The summed E-state index contributed by atoms with van der Waals surface area (Å²) in [5, 5.41) is 6.58. The van der Waals surface area contributed by atoms with Crippen LogP contribution in [-0.4, -0.2) is 40.4 Å². The van der Waals surface area contributed by atoms with Crippen molar-refractivity contribution in [2.45, 2.75) is 19.3 Å². The summed E-state index contributed by atoms with van der Waals surface area (Å²) in [5.74, 6) is -1.81. The Bertz CT molecular complexity index is 856. The van der Waals surface area contributed by atoms with Gasteiger partial charge in [0.1, 0.15) is 11.6 Å². The molecule has 3 rings (SSSR count). The van der Waals surface area contributed by atoms with Gasteiger partial charge in [0.25, 0.3) is 5.91 Å². The molecule has 1 aromatic heterocycles. The van der Waals surface area contributed by atoms with E-state index < -0.39 is 28.6 Å². The van der Waals surface area contributed by atoms with Crippen LogP contribution in [0.1, 0.15) is 29.0 Å². The number of ether oxygens (including phenoxy) is 1. The summed E-state index contributed by atoms with van der Waals surface area (Å²) in [4.78, 5) is 26.0. The van der Waals surface area contributed by atoms with E-state index in [2.05, 4.69) is 15.4 Å². The van der Waals surface area contributed by atoms with Crippen LogP contribution in [0.5, 0.6) is 0 Å². The van der Waals surface area contributed by atoms with Crippen molar-refractivity contribution in [3.8, 4) is 0 Å². The topological polar surface area (TPSA) is 89.0 Å². The third-order valence-corrected chi connectivity index (χ3v) is 4.74. The third kappa shape index (κ3) is 3.98.